The predicted octanol–water partition coefficient (Wildman–Crippen LogP) is 3.51. The average molecular weight is 289 g/mol. The quantitative estimate of drug-likeness (QED) is 0.689. The molecule has 3 aromatic rings. The van der Waals surface area contributed by atoms with Crippen molar-refractivity contribution >= 4 is 11.8 Å². The maximum atomic E-state index is 13.2. The third-order valence-electron chi connectivity index (χ3n) is 2.75. The molecule has 0 radical (unpaired) electrons. The number of imidazole rings is 1. The molecule has 2 aromatic heterocycles. The Bertz CT molecular complexity index is 723. The van der Waals surface area contributed by atoms with Crippen LogP contribution in [0.4, 0.5) is 4.39 Å². The minimum atomic E-state index is -0.301. The third-order valence-corrected chi connectivity index (χ3v) is 3.84. The normalized spacial score (nSPS) is 10.9. The molecule has 0 aliphatic heterocycles. The molecular weight excluding hydrogens is 277 g/mol. The number of hydrogen-bond acceptors (Lipinski definition) is 4. The van der Waals surface area contributed by atoms with Gasteiger partial charge in [0.15, 0.2) is 5.16 Å². The molecule has 0 aliphatic carbocycles. The molecular formula is C14H12FN3OS. The monoisotopic (exact) mass is 289 g/mol. The Hall–Kier alpha value is -2.08. The minimum Gasteiger partial charge on any atom is -0.444 e. The Morgan fingerprint density at radius 2 is 2.30 bits per heavy atom. The lowest BCUT2D eigenvalue weighted by Gasteiger charge is -1.98. The van der Waals surface area contributed by atoms with Gasteiger partial charge in [-0.1, -0.05) is 17.8 Å². The Morgan fingerprint density at radius 3 is 3.05 bits per heavy atom. The van der Waals surface area contributed by atoms with Gasteiger partial charge in [0.2, 0.25) is 5.89 Å². The van der Waals surface area contributed by atoms with Crippen LogP contribution in [0.5, 0.6) is 0 Å². The van der Waals surface area contributed by atoms with Crippen molar-refractivity contribution in [1.29, 1.82) is 0 Å². The van der Waals surface area contributed by atoms with E-state index in [2.05, 4.69) is 9.97 Å². The number of aryl methyl sites for hydroxylation is 1. The van der Waals surface area contributed by atoms with Gasteiger partial charge in [0.25, 0.3) is 0 Å². The van der Waals surface area contributed by atoms with Gasteiger partial charge in [-0.2, -0.15) is 0 Å². The molecule has 0 bridgehead atoms. The first-order chi connectivity index (χ1) is 9.72. The van der Waals surface area contributed by atoms with Crippen LogP contribution < -0.4 is 0 Å². The molecule has 0 saturated carbocycles. The van der Waals surface area contributed by atoms with Gasteiger partial charge < -0.3 is 8.98 Å². The van der Waals surface area contributed by atoms with E-state index in [1.54, 1.807) is 36.4 Å². The van der Waals surface area contributed by atoms with Gasteiger partial charge in [0, 0.05) is 30.8 Å². The molecule has 2 heterocycles. The van der Waals surface area contributed by atoms with Crippen molar-refractivity contribution in [3.63, 3.8) is 0 Å². The van der Waals surface area contributed by atoms with Crippen molar-refractivity contribution in [3.05, 3.63) is 54.4 Å². The van der Waals surface area contributed by atoms with Crippen molar-refractivity contribution in [3.8, 4) is 11.5 Å². The fraction of sp³-hybridized carbons (Fsp3) is 0.143. The maximum absolute atomic E-state index is 13.2. The summed E-state index contributed by atoms with van der Waals surface area (Å²) in [5, 5.41) is 0.917. The molecule has 0 saturated heterocycles. The van der Waals surface area contributed by atoms with Gasteiger partial charge in [-0.25, -0.2) is 14.4 Å². The van der Waals surface area contributed by atoms with Gasteiger partial charge in [-0.15, -0.1) is 0 Å². The zero-order valence-corrected chi connectivity index (χ0v) is 11.6. The van der Waals surface area contributed by atoms with Crippen LogP contribution in [0.3, 0.4) is 0 Å². The second kappa shape index (κ2) is 5.50. The molecule has 1 aromatic carbocycles. The van der Waals surface area contributed by atoms with E-state index in [0.717, 1.165) is 10.9 Å². The van der Waals surface area contributed by atoms with E-state index in [1.807, 2.05) is 17.8 Å². The first kappa shape index (κ1) is 12.9. The predicted molar refractivity (Wildman–Crippen MR) is 74.7 cm³/mol. The Morgan fingerprint density at radius 1 is 1.40 bits per heavy atom. The fourth-order valence-electron chi connectivity index (χ4n) is 1.76. The summed E-state index contributed by atoms with van der Waals surface area (Å²) >= 11 is 1.57. The van der Waals surface area contributed by atoms with Crippen LogP contribution in [0, 0.1) is 5.82 Å². The second-order valence-electron chi connectivity index (χ2n) is 4.26. The summed E-state index contributed by atoms with van der Waals surface area (Å²) in [7, 11) is 1.94. The van der Waals surface area contributed by atoms with E-state index >= 15 is 0 Å². The molecule has 6 heteroatoms. The molecule has 102 valence electrons. The van der Waals surface area contributed by atoms with Gasteiger partial charge >= 0.3 is 0 Å². The average Bonchev–Trinajstić information content (AvgIpc) is 3.05. The molecule has 20 heavy (non-hydrogen) atoms. The molecule has 3 rings (SSSR count). The summed E-state index contributed by atoms with van der Waals surface area (Å²) < 4.78 is 20.5. The van der Waals surface area contributed by atoms with E-state index in [-0.39, 0.29) is 5.82 Å². The van der Waals surface area contributed by atoms with E-state index < -0.39 is 0 Å². The summed E-state index contributed by atoms with van der Waals surface area (Å²) in [6.07, 6.45) is 5.24. The number of aromatic nitrogens is 3. The van der Waals surface area contributed by atoms with Gasteiger partial charge in [-0.3, -0.25) is 0 Å². The van der Waals surface area contributed by atoms with Crippen LogP contribution in [-0.4, -0.2) is 14.5 Å². The number of halogens is 1. The molecule has 0 N–H and O–H groups in total. The SMILES string of the molecule is Cn1ccnc1SCc1coc(-c2cccc(F)c2)n1. The zero-order chi connectivity index (χ0) is 13.9. The Labute approximate surface area is 119 Å². The van der Waals surface area contributed by atoms with Crippen LogP contribution in [0.15, 0.2) is 52.5 Å². The molecule has 0 spiro atoms. The molecule has 0 unspecified atom stereocenters. The van der Waals surface area contributed by atoms with Crippen molar-refractivity contribution in [2.24, 2.45) is 7.05 Å². The lowest BCUT2D eigenvalue weighted by atomic mass is 10.2. The lowest BCUT2D eigenvalue weighted by molar-refractivity contribution is 0.571. The summed E-state index contributed by atoms with van der Waals surface area (Å²) in [5.74, 6) is 0.786. The summed E-state index contributed by atoms with van der Waals surface area (Å²) in [5.41, 5.74) is 1.44. The molecule has 0 fully saturated rings. The van der Waals surface area contributed by atoms with E-state index in [0.29, 0.717) is 17.2 Å². The highest BCUT2D eigenvalue weighted by molar-refractivity contribution is 7.98. The maximum Gasteiger partial charge on any atom is 0.226 e. The fourth-order valence-corrected chi connectivity index (χ4v) is 2.57. The van der Waals surface area contributed by atoms with Gasteiger partial charge in [0.05, 0.1) is 5.69 Å². The molecule has 0 amide bonds. The van der Waals surface area contributed by atoms with Gasteiger partial charge in [-0.05, 0) is 18.2 Å². The first-order valence-electron chi connectivity index (χ1n) is 6.03. The first-order valence-corrected chi connectivity index (χ1v) is 7.01. The zero-order valence-electron chi connectivity index (χ0n) is 10.8. The highest BCUT2D eigenvalue weighted by atomic mass is 32.2. The smallest absolute Gasteiger partial charge is 0.226 e. The molecule has 0 atom stereocenters. The van der Waals surface area contributed by atoms with Crippen molar-refractivity contribution in [2.45, 2.75) is 10.9 Å². The van der Waals surface area contributed by atoms with Crippen molar-refractivity contribution in [1.82, 2.24) is 14.5 Å². The van der Waals surface area contributed by atoms with Crippen LogP contribution >= 0.6 is 11.8 Å². The number of thioether (sulfide) groups is 1. The largest absolute Gasteiger partial charge is 0.444 e. The second-order valence-corrected chi connectivity index (χ2v) is 5.21. The number of benzene rings is 1. The topological polar surface area (TPSA) is 43.9 Å². The lowest BCUT2D eigenvalue weighted by Crippen LogP contribution is -1.90. The van der Waals surface area contributed by atoms with Crippen molar-refractivity contribution < 1.29 is 8.81 Å². The summed E-state index contributed by atoms with van der Waals surface area (Å²) in [6.45, 7) is 0. The number of nitrogens with zero attached hydrogens (tertiary/aromatic N) is 3. The summed E-state index contributed by atoms with van der Waals surface area (Å²) in [6, 6.07) is 6.20. The molecule has 4 nitrogen and oxygen atoms in total. The summed E-state index contributed by atoms with van der Waals surface area (Å²) in [4.78, 5) is 8.58. The highest BCUT2D eigenvalue weighted by Crippen LogP contribution is 2.24. The number of oxazole rings is 1. The van der Waals surface area contributed by atoms with Crippen LogP contribution in [-0.2, 0) is 12.8 Å². The third kappa shape index (κ3) is 2.75. The van der Waals surface area contributed by atoms with E-state index in [4.69, 9.17) is 4.42 Å². The van der Waals surface area contributed by atoms with Crippen LogP contribution in [0.25, 0.3) is 11.5 Å². The Kier molecular flexibility index (Phi) is 3.56. The standard InChI is InChI=1S/C14H12FN3OS/c1-18-6-5-16-14(18)20-9-12-8-19-13(17-12)10-3-2-4-11(15)7-10/h2-8H,9H2,1H3. The van der Waals surface area contributed by atoms with Crippen molar-refractivity contribution in [2.75, 3.05) is 0 Å². The molecule has 0 aliphatic rings. The van der Waals surface area contributed by atoms with Gasteiger partial charge in [0.1, 0.15) is 12.1 Å². The van der Waals surface area contributed by atoms with E-state index in [1.165, 1.54) is 12.1 Å². The number of rotatable bonds is 4. The Balaban J connectivity index is 1.72. The van der Waals surface area contributed by atoms with Crippen LogP contribution in [0.2, 0.25) is 0 Å². The van der Waals surface area contributed by atoms with Crippen LogP contribution in [0.1, 0.15) is 5.69 Å². The number of hydrogen-bond donors (Lipinski definition) is 0. The highest BCUT2D eigenvalue weighted by Gasteiger charge is 2.09. The minimum absolute atomic E-state index is 0.301. The van der Waals surface area contributed by atoms with E-state index in [9.17, 15) is 4.39 Å².